The average Bonchev–Trinajstić information content (AvgIpc) is 3.12. The maximum atomic E-state index is 12.8. The molecule has 6 nitrogen and oxygen atoms in total. The first-order valence-corrected chi connectivity index (χ1v) is 9.20. The molecule has 7 heteroatoms. The molecule has 0 aliphatic rings. The number of nitrogens with two attached hydrogens (primary N) is 1. The second-order valence-electron chi connectivity index (χ2n) is 6.79. The van der Waals surface area contributed by atoms with Gasteiger partial charge in [-0.25, -0.2) is 18.4 Å². The first-order valence-electron chi connectivity index (χ1n) is 9.20. The maximum absolute atomic E-state index is 12.8. The van der Waals surface area contributed by atoms with Crippen LogP contribution >= 0.6 is 0 Å². The summed E-state index contributed by atoms with van der Waals surface area (Å²) in [5.41, 5.74) is 10.1. The normalized spacial score (nSPS) is 11.9. The molecule has 2 heterocycles. The number of halogens is 1. The largest absolute Gasteiger partial charge is 0.350 e. The number of nitrogens with zero attached hydrogens (tertiary/aromatic N) is 4. The number of hydrogen-bond acceptors (Lipinski definition) is 4. The summed E-state index contributed by atoms with van der Waals surface area (Å²) in [7, 11) is 0. The Kier molecular flexibility index (Phi) is 5.05. The standard InChI is InChI=1S/C22H20FN5O/c1-15-7-8-19(20-6-3-9-25-21(15)20)17-4-2-5-18(10-17)27-14-26-28(22(27)29)13-16(11-23)12-24/h2-11,14H,12-13,24H2,1H3/b16-11+. The summed E-state index contributed by atoms with van der Waals surface area (Å²) in [4.78, 5) is 17.2. The molecule has 2 aromatic carbocycles. The third kappa shape index (κ3) is 3.48. The Morgan fingerprint density at radius 1 is 1.21 bits per heavy atom. The van der Waals surface area contributed by atoms with Crippen LogP contribution < -0.4 is 11.4 Å². The lowest BCUT2D eigenvalue weighted by Gasteiger charge is -2.10. The van der Waals surface area contributed by atoms with Gasteiger partial charge >= 0.3 is 5.69 Å². The number of pyridine rings is 1. The number of aryl methyl sites for hydroxylation is 1. The number of rotatable bonds is 5. The Labute approximate surface area is 166 Å². The lowest BCUT2D eigenvalue weighted by atomic mass is 9.98. The van der Waals surface area contributed by atoms with Crippen LogP contribution in [0.3, 0.4) is 0 Å². The van der Waals surface area contributed by atoms with Crippen molar-refractivity contribution < 1.29 is 4.39 Å². The van der Waals surface area contributed by atoms with E-state index in [-0.39, 0.29) is 18.8 Å². The van der Waals surface area contributed by atoms with Crippen LogP contribution in [0, 0.1) is 6.92 Å². The van der Waals surface area contributed by atoms with E-state index >= 15 is 0 Å². The Bertz CT molecular complexity index is 1270. The summed E-state index contributed by atoms with van der Waals surface area (Å²) in [5.74, 6) is 0. The summed E-state index contributed by atoms with van der Waals surface area (Å²) in [6.07, 6.45) is 3.64. The van der Waals surface area contributed by atoms with Crippen LogP contribution in [-0.4, -0.2) is 25.9 Å². The van der Waals surface area contributed by atoms with Crippen LogP contribution in [0.2, 0.25) is 0 Å². The second kappa shape index (κ2) is 7.81. The average molecular weight is 389 g/mol. The summed E-state index contributed by atoms with van der Waals surface area (Å²) in [6.45, 7) is 2.08. The van der Waals surface area contributed by atoms with E-state index in [1.165, 1.54) is 15.6 Å². The molecular formula is C22H20FN5O. The van der Waals surface area contributed by atoms with Crippen LogP contribution in [-0.2, 0) is 6.54 Å². The fraction of sp³-hybridized carbons (Fsp3) is 0.136. The fourth-order valence-electron chi connectivity index (χ4n) is 3.35. The third-order valence-electron chi connectivity index (χ3n) is 4.91. The van der Waals surface area contributed by atoms with Crippen molar-refractivity contribution in [3.8, 4) is 16.8 Å². The molecule has 0 saturated heterocycles. The third-order valence-corrected chi connectivity index (χ3v) is 4.91. The van der Waals surface area contributed by atoms with Gasteiger partial charge in [0.1, 0.15) is 6.33 Å². The Morgan fingerprint density at radius 3 is 2.86 bits per heavy atom. The molecule has 29 heavy (non-hydrogen) atoms. The number of hydrogen-bond donors (Lipinski definition) is 1. The van der Waals surface area contributed by atoms with Crippen molar-refractivity contribution in [2.75, 3.05) is 6.54 Å². The van der Waals surface area contributed by atoms with Crippen molar-refractivity contribution in [3.63, 3.8) is 0 Å². The highest BCUT2D eigenvalue weighted by Gasteiger charge is 2.11. The van der Waals surface area contributed by atoms with Gasteiger partial charge in [-0.15, -0.1) is 0 Å². The number of aromatic nitrogens is 4. The Morgan fingerprint density at radius 2 is 2.07 bits per heavy atom. The summed E-state index contributed by atoms with van der Waals surface area (Å²) < 4.78 is 15.4. The van der Waals surface area contributed by atoms with Crippen LogP contribution in [0.5, 0.6) is 0 Å². The van der Waals surface area contributed by atoms with Gasteiger partial charge in [-0.3, -0.25) is 4.98 Å². The van der Waals surface area contributed by atoms with Crippen LogP contribution in [0.15, 0.2) is 77.8 Å². The predicted octanol–water partition coefficient (Wildman–Crippen LogP) is 3.37. The van der Waals surface area contributed by atoms with Gasteiger partial charge < -0.3 is 5.73 Å². The molecule has 0 radical (unpaired) electrons. The van der Waals surface area contributed by atoms with E-state index in [4.69, 9.17) is 5.73 Å². The molecule has 4 rings (SSSR count). The zero-order valence-corrected chi connectivity index (χ0v) is 15.9. The van der Waals surface area contributed by atoms with E-state index in [9.17, 15) is 9.18 Å². The monoisotopic (exact) mass is 389 g/mol. The van der Waals surface area contributed by atoms with Gasteiger partial charge in [0, 0.05) is 18.1 Å². The summed E-state index contributed by atoms with van der Waals surface area (Å²) in [5, 5.41) is 5.14. The zero-order chi connectivity index (χ0) is 20.4. The Hall–Kier alpha value is -3.58. The molecule has 146 valence electrons. The SMILES string of the molecule is Cc1ccc(-c2cccc(-n3cnn(C/C(=C/F)CN)c3=O)c2)c2cccnc12. The van der Waals surface area contributed by atoms with Crippen molar-refractivity contribution in [1.82, 2.24) is 19.3 Å². The quantitative estimate of drug-likeness (QED) is 0.568. The molecule has 0 aliphatic heterocycles. The molecule has 0 amide bonds. The molecule has 0 saturated carbocycles. The minimum atomic E-state index is -0.356. The van der Waals surface area contributed by atoms with Gasteiger partial charge in [0.25, 0.3) is 0 Å². The van der Waals surface area contributed by atoms with Crippen LogP contribution in [0.1, 0.15) is 5.56 Å². The molecule has 0 unspecified atom stereocenters. The van der Waals surface area contributed by atoms with E-state index < -0.39 is 0 Å². The summed E-state index contributed by atoms with van der Waals surface area (Å²) in [6, 6.07) is 15.7. The molecule has 2 N–H and O–H groups in total. The van der Waals surface area contributed by atoms with Crippen LogP contribution in [0.25, 0.3) is 27.7 Å². The lowest BCUT2D eigenvalue weighted by Crippen LogP contribution is -2.25. The topological polar surface area (TPSA) is 78.7 Å². The molecule has 0 aliphatic carbocycles. The number of fused-ring (bicyclic) bond motifs is 1. The van der Waals surface area contributed by atoms with E-state index in [0.29, 0.717) is 17.6 Å². The fourth-order valence-corrected chi connectivity index (χ4v) is 3.35. The molecule has 0 atom stereocenters. The molecule has 4 aromatic rings. The minimum absolute atomic E-state index is 0.0206. The van der Waals surface area contributed by atoms with Crippen molar-refractivity contribution in [1.29, 1.82) is 0 Å². The maximum Gasteiger partial charge on any atom is 0.350 e. The first-order chi connectivity index (χ1) is 14.1. The van der Waals surface area contributed by atoms with Crippen molar-refractivity contribution in [3.05, 3.63) is 89.0 Å². The second-order valence-corrected chi connectivity index (χ2v) is 6.79. The van der Waals surface area contributed by atoms with Gasteiger partial charge in [-0.05, 0) is 47.4 Å². The minimum Gasteiger partial charge on any atom is -0.327 e. The van der Waals surface area contributed by atoms with Crippen molar-refractivity contribution in [2.24, 2.45) is 5.73 Å². The Balaban J connectivity index is 1.78. The molecule has 0 spiro atoms. The highest BCUT2D eigenvalue weighted by atomic mass is 19.1. The van der Waals surface area contributed by atoms with Crippen molar-refractivity contribution in [2.45, 2.75) is 13.5 Å². The smallest absolute Gasteiger partial charge is 0.327 e. The van der Waals surface area contributed by atoms with E-state index in [0.717, 1.165) is 27.6 Å². The molecular weight excluding hydrogens is 369 g/mol. The van der Waals surface area contributed by atoms with Gasteiger partial charge in [-0.1, -0.05) is 30.3 Å². The van der Waals surface area contributed by atoms with E-state index in [1.807, 2.05) is 49.4 Å². The molecule has 2 aromatic heterocycles. The van der Waals surface area contributed by atoms with E-state index in [2.05, 4.69) is 16.1 Å². The van der Waals surface area contributed by atoms with Crippen LogP contribution in [0.4, 0.5) is 4.39 Å². The highest BCUT2D eigenvalue weighted by Crippen LogP contribution is 2.30. The van der Waals surface area contributed by atoms with Gasteiger partial charge in [0.2, 0.25) is 0 Å². The lowest BCUT2D eigenvalue weighted by molar-refractivity contribution is 0.612. The summed E-state index contributed by atoms with van der Waals surface area (Å²) >= 11 is 0. The first kappa shape index (κ1) is 18.8. The van der Waals surface area contributed by atoms with Gasteiger partial charge in [0.15, 0.2) is 0 Å². The van der Waals surface area contributed by atoms with Crippen molar-refractivity contribution >= 4 is 10.9 Å². The van der Waals surface area contributed by atoms with Gasteiger partial charge in [-0.2, -0.15) is 5.10 Å². The predicted molar refractivity (Wildman–Crippen MR) is 112 cm³/mol. The zero-order valence-electron chi connectivity index (χ0n) is 15.9. The van der Waals surface area contributed by atoms with E-state index in [1.54, 1.807) is 6.20 Å². The molecule has 0 fully saturated rings. The highest BCUT2D eigenvalue weighted by molar-refractivity contribution is 5.96. The molecule has 0 bridgehead atoms. The number of benzene rings is 2. The van der Waals surface area contributed by atoms with Gasteiger partial charge in [0.05, 0.1) is 24.1 Å².